The largest absolute Gasteiger partial charge is 0.497 e. The first-order chi connectivity index (χ1) is 10.7. The van der Waals surface area contributed by atoms with Crippen molar-refractivity contribution in [2.45, 2.75) is 32.7 Å². The van der Waals surface area contributed by atoms with E-state index in [1.807, 2.05) is 20.8 Å². The van der Waals surface area contributed by atoms with Crippen LogP contribution in [-0.2, 0) is 12.0 Å². The molecule has 0 saturated carbocycles. The molecule has 1 heterocycles. The monoisotopic (exact) mass is 323 g/mol. The molecule has 1 N–H and O–H groups in total. The number of anilines is 1. The lowest BCUT2D eigenvalue weighted by atomic mass is 9.94. The Morgan fingerprint density at radius 3 is 2.65 bits per heavy atom. The van der Waals surface area contributed by atoms with Crippen molar-refractivity contribution in [2.75, 3.05) is 12.4 Å². The quantitative estimate of drug-likeness (QED) is 0.667. The van der Waals surface area contributed by atoms with E-state index in [0.717, 1.165) is 6.07 Å². The van der Waals surface area contributed by atoms with Crippen LogP contribution in [-0.4, -0.2) is 17.0 Å². The first-order valence-electron chi connectivity index (χ1n) is 6.93. The average Bonchev–Trinajstić information content (AvgIpc) is 2.92. The number of ether oxygens (including phenoxy) is 1. The molecule has 0 atom stereocenters. The van der Waals surface area contributed by atoms with Crippen LogP contribution in [0.3, 0.4) is 0 Å². The number of nitrogens with one attached hydrogen (secondary N) is 1. The number of halogens is 1. The van der Waals surface area contributed by atoms with Crippen LogP contribution >= 0.6 is 0 Å². The van der Waals surface area contributed by atoms with E-state index < -0.39 is 16.4 Å². The molecule has 1 aromatic carbocycles. The lowest BCUT2D eigenvalue weighted by molar-refractivity contribution is -0.386. The van der Waals surface area contributed by atoms with Gasteiger partial charge in [-0.2, -0.15) is 4.39 Å². The molecule has 0 bridgehead atoms. The summed E-state index contributed by atoms with van der Waals surface area (Å²) in [5.41, 5.74) is -0.838. The molecule has 7 nitrogen and oxygen atoms in total. The molecular formula is C15H18FN3O4. The first-order valence-corrected chi connectivity index (χ1v) is 6.93. The number of oxazole rings is 1. The molecule has 23 heavy (non-hydrogen) atoms. The minimum atomic E-state index is -0.973. The molecule has 0 aliphatic heterocycles. The summed E-state index contributed by atoms with van der Waals surface area (Å²) in [4.78, 5) is 14.4. The maximum absolute atomic E-state index is 13.8. The van der Waals surface area contributed by atoms with Crippen molar-refractivity contribution in [3.05, 3.63) is 45.9 Å². The number of rotatable bonds is 5. The Morgan fingerprint density at radius 2 is 2.13 bits per heavy atom. The highest BCUT2D eigenvalue weighted by Crippen LogP contribution is 2.32. The molecule has 8 heteroatoms. The van der Waals surface area contributed by atoms with Crippen LogP contribution in [0.15, 0.2) is 22.7 Å². The van der Waals surface area contributed by atoms with Crippen LogP contribution in [0.2, 0.25) is 0 Å². The van der Waals surface area contributed by atoms with Crippen LogP contribution in [0.25, 0.3) is 0 Å². The minimum absolute atomic E-state index is 0.00218. The van der Waals surface area contributed by atoms with E-state index in [-0.39, 0.29) is 23.4 Å². The molecule has 1 aromatic heterocycles. The summed E-state index contributed by atoms with van der Waals surface area (Å²) in [6.45, 7) is 6.02. The number of aromatic nitrogens is 1. The molecule has 0 aliphatic carbocycles. The van der Waals surface area contributed by atoms with E-state index >= 15 is 0 Å². The fourth-order valence-electron chi connectivity index (χ4n) is 1.92. The van der Waals surface area contributed by atoms with Gasteiger partial charge in [0.15, 0.2) is 0 Å². The van der Waals surface area contributed by atoms with Crippen molar-refractivity contribution < 1.29 is 18.5 Å². The van der Waals surface area contributed by atoms with Gasteiger partial charge in [0, 0.05) is 17.5 Å². The van der Waals surface area contributed by atoms with E-state index in [2.05, 4.69) is 10.3 Å². The molecule has 0 saturated heterocycles. The maximum Gasteiger partial charge on any atom is 0.327 e. The number of benzene rings is 1. The molecule has 0 fully saturated rings. The topological polar surface area (TPSA) is 90.4 Å². The summed E-state index contributed by atoms with van der Waals surface area (Å²) in [6.07, 6.45) is 1.61. The van der Waals surface area contributed by atoms with Crippen molar-refractivity contribution in [1.82, 2.24) is 4.98 Å². The zero-order valence-electron chi connectivity index (χ0n) is 13.3. The molecule has 2 rings (SSSR count). The third-order valence-corrected chi connectivity index (χ3v) is 3.18. The molecule has 0 spiro atoms. The van der Waals surface area contributed by atoms with Gasteiger partial charge in [-0.15, -0.1) is 0 Å². The fraction of sp³-hybridized carbons (Fsp3) is 0.400. The second kappa shape index (κ2) is 6.23. The number of methoxy groups -OCH3 is 1. The highest BCUT2D eigenvalue weighted by atomic mass is 19.1. The number of nitro groups is 1. The van der Waals surface area contributed by atoms with Gasteiger partial charge in [-0.1, -0.05) is 20.8 Å². The van der Waals surface area contributed by atoms with E-state index in [1.54, 1.807) is 6.20 Å². The summed E-state index contributed by atoms with van der Waals surface area (Å²) in [7, 11) is 1.36. The van der Waals surface area contributed by atoms with Crippen LogP contribution in [0, 0.1) is 15.9 Å². The zero-order chi connectivity index (χ0) is 17.2. The van der Waals surface area contributed by atoms with Gasteiger partial charge in [-0.25, -0.2) is 4.98 Å². The average molecular weight is 323 g/mol. The van der Waals surface area contributed by atoms with Gasteiger partial charge < -0.3 is 14.5 Å². The van der Waals surface area contributed by atoms with Crippen LogP contribution in [0.5, 0.6) is 5.75 Å². The molecule has 2 aromatic rings. The SMILES string of the molecule is COc1cc(F)c([N+](=O)[O-])c(NCc2ncc(C(C)(C)C)o2)c1. The van der Waals surface area contributed by atoms with Crippen LogP contribution in [0.4, 0.5) is 15.8 Å². The van der Waals surface area contributed by atoms with E-state index in [9.17, 15) is 14.5 Å². The third kappa shape index (κ3) is 3.77. The predicted molar refractivity (Wildman–Crippen MR) is 82.1 cm³/mol. The second-order valence-corrected chi connectivity index (χ2v) is 5.98. The lowest BCUT2D eigenvalue weighted by Gasteiger charge is -2.13. The van der Waals surface area contributed by atoms with Crippen molar-refractivity contribution in [3.8, 4) is 5.75 Å². The van der Waals surface area contributed by atoms with Gasteiger partial charge in [0.1, 0.15) is 17.2 Å². The number of hydrogen-bond acceptors (Lipinski definition) is 6. The Labute approximate surface area is 132 Å². The Bertz CT molecular complexity index is 722. The molecule has 124 valence electrons. The normalized spacial score (nSPS) is 11.3. The van der Waals surface area contributed by atoms with Gasteiger partial charge in [0.2, 0.25) is 11.7 Å². The number of nitro benzene ring substituents is 1. The highest BCUT2D eigenvalue weighted by molar-refractivity contribution is 5.65. The zero-order valence-corrected chi connectivity index (χ0v) is 13.3. The van der Waals surface area contributed by atoms with Gasteiger partial charge >= 0.3 is 5.69 Å². The van der Waals surface area contributed by atoms with Crippen molar-refractivity contribution in [2.24, 2.45) is 0 Å². The number of hydrogen-bond donors (Lipinski definition) is 1. The Morgan fingerprint density at radius 1 is 1.43 bits per heavy atom. The Kier molecular flexibility index (Phi) is 4.53. The van der Waals surface area contributed by atoms with Crippen molar-refractivity contribution >= 4 is 11.4 Å². The molecular weight excluding hydrogens is 305 g/mol. The second-order valence-electron chi connectivity index (χ2n) is 5.98. The third-order valence-electron chi connectivity index (χ3n) is 3.18. The smallest absolute Gasteiger partial charge is 0.327 e. The highest BCUT2D eigenvalue weighted by Gasteiger charge is 2.23. The summed E-state index contributed by atoms with van der Waals surface area (Å²) in [5.74, 6) is 0.256. The Balaban J connectivity index is 2.24. The van der Waals surface area contributed by atoms with Crippen LogP contribution in [0.1, 0.15) is 32.4 Å². The first kappa shape index (κ1) is 16.7. The molecule has 0 amide bonds. The van der Waals surface area contributed by atoms with Crippen molar-refractivity contribution in [1.29, 1.82) is 0 Å². The van der Waals surface area contributed by atoms with Crippen molar-refractivity contribution in [3.63, 3.8) is 0 Å². The fourth-order valence-corrected chi connectivity index (χ4v) is 1.92. The van der Waals surface area contributed by atoms with Gasteiger partial charge in [0.25, 0.3) is 0 Å². The predicted octanol–water partition coefficient (Wildman–Crippen LogP) is 3.64. The molecule has 0 radical (unpaired) electrons. The lowest BCUT2D eigenvalue weighted by Crippen LogP contribution is -2.09. The van der Waals surface area contributed by atoms with E-state index in [0.29, 0.717) is 11.7 Å². The Hall–Kier alpha value is -2.64. The summed E-state index contributed by atoms with van der Waals surface area (Å²) < 4.78 is 24.4. The van der Waals surface area contributed by atoms with E-state index in [1.165, 1.54) is 13.2 Å². The number of nitrogens with zero attached hydrogens (tertiary/aromatic N) is 2. The summed E-state index contributed by atoms with van der Waals surface area (Å²) in [5, 5.41) is 13.8. The summed E-state index contributed by atoms with van der Waals surface area (Å²) in [6, 6.07) is 2.32. The minimum Gasteiger partial charge on any atom is -0.497 e. The van der Waals surface area contributed by atoms with Gasteiger partial charge in [-0.3, -0.25) is 10.1 Å². The standard InChI is InChI=1S/C15H18FN3O4/c1-15(2,3)12-7-18-13(23-12)8-17-11-6-9(22-4)5-10(16)14(11)19(20)21/h5-7,17H,8H2,1-4H3. The van der Waals surface area contributed by atoms with Gasteiger partial charge in [0.05, 0.1) is 24.8 Å². The van der Waals surface area contributed by atoms with Crippen LogP contribution < -0.4 is 10.1 Å². The van der Waals surface area contributed by atoms with E-state index in [4.69, 9.17) is 9.15 Å². The van der Waals surface area contributed by atoms with Gasteiger partial charge in [-0.05, 0) is 0 Å². The molecule has 0 aliphatic rings. The molecule has 0 unspecified atom stereocenters. The summed E-state index contributed by atoms with van der Waals surface area (Å²) >= 11 is 0. The maximum atomic E-state index is 13.8.